The van der Waals surface area contributed by atoms with Crippen molar-refractivity contribution in [3.05, 3.63) is 12.2 Å². The van der Waals surface area contributed by atoms with Crippen molar-refractivity contribution in [2.45, 2.75) is 32.8 Å². The molecular weight excluding hydrogens is 196 g/mol. The van der Waals surface area contributed by atoms with Crippen molar-refractivity contribution in [1.82, 2.24) is 0 Å². The number of hydrogen-bond acceptors (Lipinski definition) is 4. The highest BCUT2D eigenvalue weighted by atomic mass is 16.5. The van der Waals surface area contributed by atoms with Gasteiger partial charge in [0.1, 0.15) is 12.7 Å². The van der Waals surface area contributed by atoms with Gasteiger partial charge in [-0.25, -0.2) is 4.79 Å². The second kappa shape index (κ2) is 8.44. The van der Waals surface area contributed by atoms with Crippen molar-refractivity contribution in [3.63, 3.8) is 0 Å². The fraction of sp³-hybridized carbons (Fsp3) is 0.727. The Morgan fingerprint density at radius 1 is 1.47 bits per heavy atom. The second-order valence-electron chi connectivity index (χ2n) is 3.46. The molecule has 1 N–H and O–H groups in total. The van der Waals surface area contributed by atoms with Gasteiger partial charge >= 0.3 is 5.97 Å². The first kappa shape index (κ1) is 14.1. The first-order valence-electron chi connectivity index (χ1n) is 5.16. The summed E-state index contributed by atoms with van der Waals surface area (Å²) in [5, 5.41) is 9.35. The lowest BCUT2D eigenvalue weighted by Gasteiger charge is -2.11. The van der Waals surface area contributed by atoms with Crippen LogP contribution in [0.4, 0.5) is 0 Å². The monoisotopic (exact) mass is 216 g/mol. The van der Waals surface area contributed by atoms with Gasteiger partial charge in [-0.2, -0.15) is 0 Å². The molecule has 0 heterocycles. The fourth-order valence-corrected chi connectivity index (χ4v) is 0.809. The Kier molecular flexibility index (Phi) is 7.95. The summed E-state index contributed by atoms with van der Waals surface area (Å²) in [5.41, 5.74) is 0.328. The summed E-state index contributed by atoms with van der Waals surface area (Å²) in [7, 11) is 0. The van der Waals surface area contributed by atoms with Gasteiger partial charge in [-0.3, -0.25) is 0 Å². The van der Waals surface area contributed by atoms with Gasteiger partial charge < -0.3 is 14.6 Å². The molecule has 0 aromatic heterocycles. The molecule has 4 nitrogen and oxygen atoms in total. The van der Waals surface area contributed by atoms with E-state index in [2.05, 4.69) is 13.5 Å². The van der Waals surface area contributed by atoms with Crippen LogP contribution in [0.5, 0.6) is 0 Å². The number of ether oxygens (including phenoxy) is 2. The molecule has 0 rings (SSSR count). The molecule has 0 amide bonds. The summed E-state index contributed by atoms with van der Waals surface area (Å²) in [4.78, 5) is 10.9. The van der Waals surface area contributed by atoms with Crippen molar-refractivity contribution >= 4 is 5.97 Å². The van der Waals surface area contributed by atoms with Gasteiger partial charge in [-0.15, -0.1) is 0 Å². The van der Waals surface area contributed by atoms with Gasteiger partial charge in [0.2, 0.25) is 0 Å². The molecule has 1 atom stereocenters. The zero-order valence-electron chi connectivity index (χ0n) is 9.49. The van der Waals surface area contributed by atoms with Gasteiger partial charge in [0, 0.05) is 12.2 Å². The first-order chi connectivity index (χ1) is 7.07. The highest BCUT2D eigenvalue weighted by Crippen LogP contribution is 1.95. The van der Waals surface area contributed by atoms with E-state index in [0.717, 1.165) is 12.8 Å². The van der Waals surface area contributed by atoms with E-state index in [1.165, 1.54) is 0 Å². The molecule has 0 radical (unpaired) electrons. The average molecular weight is 216 g/mol. The van der Waals surface area contributed by atoms with Crippen LogP contribution in [-0.2, 0) is 14.3 Å². The Hall–Kier alpha value is -0.870. The number of hydrogen-bond donors (Lipinski definition) is 1. The quantitative estimate of drug-likeness (QED) is 0.377. The van der Waals surface area contributed by atoms with Crippen LogP contribution in [0.1, 0.15) is 26.7 Å². The molecule has 0 bridgehead atoms. The highest BCUT2D eigenvalue weighted by molar-refractivity contribution is 5.86. The van der Waals surface area contributed by atoms with Crippen LogP contribution >= 0.6 is 0 Å². The van der Waals surface area contributed by atoms with Gasteiger partial charge in [-0.1, -0.05) is 19.9 Å². The van der Waals surface area contributed by atoms with Gasteiger partial charge in [0.25, 0.3) is 0 Å². The van der Waals surface area contributed by atoms with E-state index in [1.54, 1.807) is 6.92 Å². The minimum absolute atomic E-state index is 0.0438. The number of esters is 1. The maximum Gasteiger partial charge on any atom is 0.333 e. The normalized spacial score (nSPS) is 12.2. The zero-order valence-corrected chi connectivity index (χ0v) is 9.49. The Balaban J connectivity index is 3.44. The number of carbonyl (C=O) groups excluding carboxylic acids is 1. The van der Waals surface area contributed by atoms with Crippen LogP contribution in [-0.4, -0.2) is 37.0 Å². The third kappa shape index (κ3) is 8.15. The summed E-state index contributed by atoms with van der Waals surface area (Å²) in [6.07, 6.45) is 1.27. The van der Waals surface area contributed by atoms with Crippen molar-refractivity contribution in [3.8, 4) is 0 Å². The minimum Gasteiger partial charge on any atom is -0.460 e. The molecule has 0 fully saturated rings. The molecule has 4 heteroatoms. The van der Waals surface area contributed by atoms with Crippen LogP contribution in [0.15, 0.2) is 12.2 Å². The van der Waals surface area contributed by atoms with Crippen LogP contribution in [0.2, 0.25) is 0 Å². The van der Waals surface area contributed by atoms with E-state index in [0.29, 0.717) is 12.2 Å². The molecule has 0 aliphatic heterocycles. The fourth-order valence-electron chi connectivity index (χ4n) is 0.809. The summed E-state index contributed by atoms with van der Waals surface area (Å²) in [6, 6.07) is 0. The third-order valence-electron chi connectivity index (χ3n) is 1.71. The zero-order chi connectivity index (χ0) is 11.7. The van der Waals surface area contributed by atoms with Crippen molar-refractivity contribution in [2.24, 2.45) is 0 Å². The molecule has 0 saturated carbocycles. The van der Waals surface area contributed by atoms with Gasteiger partial charge in [0.05, 0.1) is 6.61 Å². The third-order valence-corrected chi connectivity index (χ3v) is 1.71. The second-order valence-corrected chi connectivity index (χ2v) is 3.46. The first-order valence-corrected chi connectivity index (χ1v) is 5.16. The van der Waals surface area contributed by atoms with E-state index in [1.807, 2.05) is 0 Å². The lowest BCUT2D eigenvalue weighted by molar-refractivity contribution is -0.143. The molecule has 1 unspecified atom stereocenters. The largest absolute Gasteiger partial charge is 0.460 e. The Morgan fingerprint density at radius 3 is 2.67 bits per heavy atom. The van der Waals surface area contributed by atoms with Crippen LogP contribution < -0.4 is 0 Å². The van der Waals surface area contributed by atoms with Crippen LogP contribution in [0.25, 0.3) is 0 Å². The molecule has 0 aromatic rings. The summed E-state index contributed by atoms with van der Waals surface area (Å²) < 4.78 is 9.92. The molecule has 0 aliphatic rings. The predicted molar refractivity (Wildman–Crippen MR) is 57.5 cm³/mol. The minimum atomic E-state index is -0.759. The van der Waals surface area contributed by atoms with Crippen LogP contribution in [0.3, 0.4) is 0 Å². The van der Waals surface area contributed by atoms with Crippen molar-refractivity contribution in [1.29, 1.82) is 0 Å². The van der Waals surface area contributed by atoms with E-state index in [4.69, 9.17) is 9.47 Å². The predicted octanol–water partition coefficient (Wildman–Crippen LogP) is 1.28. The Morgan fingerprint density at radius 2 is 2.13 bits per heavy atom. The lowest BCUT2D eigenvalue weighted by atomic mass is 10.3. The van der Waals surface area contributed by atoms with E-state index < -0.39 is 12.1 Å². The Labute approximate surface area is 90.9 Å². The van der Waals surface area contributed by atoms with E-state index >= 15 is 0 Å². The van der Waals surface area contributed by atoms with E-state index in [-0.39, 0.29) is 13.2 Å². The Bertz CT molecular complexity index is 201. The highest BCUT2D eigenvalue weighted by Gasteiger charge is 2.09. The number of aliphatic hydroxyl groups is 1. The summed E-state index contributed by atoms with van der Waals surface area (Å²) in [6.45, 7) is 7.84. The van der Waals surface area contributed by atoms with Crippen LogP contribution in [0, 0.1) is 0 Å². The lowest BCUT2D eigenvalue weighted by Crippen LogP contribution is -2.24. The number of carbonyl (C=O) groups is 1. The molecule has 15 heavy (non-hydrogen) atoms. The molecule has 0 aromatic carbocycles. The van der Waals surface area contributed by atoms with E-state index in [9.17, 15) is 9.90 Å². The topological polar surface area (TPSA) is 55.8 Å². The average Bonchev–Trinajstić information content (AvgIpc) is 2.20. The van der Waals surface area contributed by atoms with Gasteiger partial charge in [-0.05, 0) is 13.3 Å². The van der Waals surface area contributed by atoms with Gasteiger partial charge in [0.15, 0.2) is 0 Å². The molecular formula is C11H20O4. The van der Waals surface area contributed by atoms with Crippen molar-refractivity contribution in [2.75, 3.05) is 19.8 Å². The molecule has 0 saturated heterocycles. The standard InChI is InChI=1S/C11H20O4/c1-4-5-6-14-7-10(12)8-15-11(13)9(2)3/h10,12H,2,4-8H2,1,3H3. The summed E-state index contributed by atoms with van der Waals surface area (Å²) >= 11 is 0. The molecule has 88 valence electrons. The number of rotatable bonds is 8. The SMILES string of the molecule is C=C(C)C(=O)OCC(O)COCCCC. The number of aliphatic hydroxyl groups excluding tert-OH is 1. The maximum atomic E-state index is 10.9. The smallest absolute Gasteiger partial charge is 0.333 e. The molecule has 0 aliphatic carbocycles. The molecule has 0 spiro atoms. The van der Waals surface area contributed by atoms with Crippen molar-refractivity contribution < 1.29 is 19.4 Å². The maximum absolute atomic E-state index is 10.9. The number of unbranched alkanes of at least 4 members (excludes halogenated alkanes) is 1. The summed E-state index contributed by atoms with van der Waals surface area (Å²) in [5.74, 6) is -0.484.